The van der Waals surface area contributed by atoms with Gasteiger partial charge in [0, 0.05) is 37.0 Å². The van der Waals surface area contributed by atoms with Crippen LogP contribution in [0.1, 0.15) is 120 Å². The van der Waals surface area contributed by atoms with Gasteiger partial charge in [0.25, 0.3) is 0 Å². The Balaban J connectivity index is 1.36. The Labute approximate surface area is 309 Å². The number of hydrogen-bond donors (Lipinski definition) is 4. The first kappa shape index (κ1) is 41.2. The molecule has 52 heavy (non-hydrogen) atoms. The van der Waals surface area contributed by atoms with E-state index in [9.17, 15) is 29.7 Å². The smallest absolute Gasteiger partial charge is 0.305 e. The Hall–Kier alpha value is -1.93. The standard InChI is InChI=1S/C40H65NO11/c1-10-29(35(47)24(5)34(46)25(6)36-21(2)11-12-28(49-36)20-33(44)45)37-22(3)19-23(4)39(50-37)16-15-31(41-27(8)42)40(52-39)18-17-38(9,51-40)32-14-13-30(43)26(7)48-32/h15-16,21-26,28-32,34,36-37,43,46H,10-14,17-20H2,1-9H3,(H,41,42)(H,44,45)/t21-,22-,23+,24-,25-,26-,28+,29-,30?,31+,32+,34+,36+,37-,38-,39-,40-/m0/s1. The lowest BCUT2D eigenvalue weighted by atomic mass is 9.72. The zero-order valence-electron chi connectivity index (χ0n) is 32.7. The van der Waals surface area contributed by atoms with Gasteiger partial charge in [-0.3, -0.25) is 14.4 Å². The Morgan fingerprint density at radius 3 is 2.31 bits per heavy atom. The SMILES string of the molecule is CC[C@@H](C(=O)[C@@H](C)[C@@H](O)[C@H](C)[C@@H]1O[C@@H](CC(=O)O)CC[C@@H]1C)[C@H]1O[C@]2(C=C[C@@H](NC(C)=O)[C@]3(CC[C@@](C)([C@H]4CCC(O)[C@H](C)O4)O3)O2)[C@H](C)C[C@@H]1C. The number of carboxylic acids is 1. The number of Topliss-reactive ketones (excluding diaryl/α,β-unsaturated/α-hetero) is 1. The number of amides is 1. The van der Waals surface area contributed by atoms with Crippen LogP contribution in [0, 0.1) is 35.5 Å². The normalized spacial score (nSPS) is 44.6. The van der Waals surface area contributed by atoms with Gasteiger partial charge in [-0.05, 0) is 76.7 Å². The molecule has 4 N–H and O–H groups in total. The van der Waals surface area contributed by atoms with E-state index >= 15 is 0 Å². The average molecular weight is 736 g/mol. The van der Waals surface area contributed by atoms with Crippen LogP contribution in [0.15, 0.2) is 12.2 Å². The molecule has 4 saturated heterocycles. The summed E-state index contributed by atoms with van der Waals surface area (Å²) in [6.07, 6.45) is 5.27. The third kappa shape index (κ3) is 8.19. The first-order chi connectivity index (χ1) is 24.3. The summed E-state index contributed by atoms with van der Waals surface area (Å²) in [6, 6.07) is -0.586. The summed E-state index contributed by atoms with van der Waals surface area (Å²) in [7, 11) is 0. The first-order valence-electron chi connectivity index (χ1n) is 19.8. The Morgan fingerprint density at radius 1 is 0.962 bits per heavy atom. The summed E-state index contributed by atoms with van der Waals surface area (Å²) in [4.78, 5) is 38.2. The molecule has 0 aromatic carbocycles. The van der Waals surface area contributed by atoms with Crippen molar-refractivity contribution in [2.75, 3.05) is 0 Å². The summed E-state index contributed by atoms with van der Waals surface area (Å²) in [6.45, 7) is 17.2. The van der Waals surface area contributed by atoms with E-state index in [-0.39, 0.29) is 60.1 Å². The third-order valence-corrected chi connectivity index (χ3v) is 13.2. The summed E-state index contributed by atoms with van der Waals surface area (Å²) >= 11 is 0. The fourth-order valence-corrected chi connectivity index (χ4v) is 9.87. The molecule has 5 aliphatic heterocycles. The molecule has 1 amide bonds. The lowest BCUT2D eigenvalue weighted by molar-refractivity contribution is -0.397. The van der Waals surface area contributed by atoms with E-state index in [1.807, 2.05) is 39.8 Å². The minimum atomic E-state index is -1.25. The summed E-state index contributed by atoms with van der Waals surface area (Å²) in [5, 5.41) is 34.3. The molecule has 5 heterocycles. The largest absolute Gasteiger partial charge is 0.481 e. The van der Waals surface area contributed by atoms with Crippen molar-refractivity contribution in [3.05, 3.63) is 12.2 Å². The molecule has 0 saturated carbocycles. The molecule has 0 aromatic heterocycles. The monoisotopic (exact) mass is 735 g/mol. The van der Waals surface area contributed by atoms with Crippen molar-refractivity contribution in [2.24, 2.45) is 35.5 Å². The molecule has 0 aromatic rings. The average Bonchev–Trinajstić information content (AvgIpc) is 3.42. The quantitative estimate of drug-likeness (QED) is 0.213. The number of carbonyl (C=O) groups is 3. The van der Waals surface area contributed by atoms with Crippen LogP contribution in [0.3, 0.4) is 0 Å². The Kier molecular flexibility index (Phi) is 12.7. The van der Waals surface area contributed by atoms with E-state index in [2.05, 4.69) is 26.1 Å². The van der Waals surface area contributed by atoms with Gasteiger partial charge >= 0.3 is 5.97 Å². The molecule has 12 heteroatoms. The molecule has 5 aliphatic rings. The fraction of sp³-hybridized carbons (Fsp3) is 0.875. The highest BCUT2D eigenvalue weighted by molar-refractivity contribution is 5.84. The van der Waals surface area contributed by atoms with Crippen LogP contribution in [-0.2, 0) is 38.1 Å². The molecule has 2 spiro atoms. The number of aliphatic hydroxyl groups is 2. The zero-order valence-corrected chi connectivity index (χ0v) is 32.7. The highest BCUT2D eigenvalue weighted by atomic mass is 16.8. The van der Waals surface area contributed by atoms with E-state index in [0.29, 0.717) is 44.9 Å². The number of carboxylic acid groups (broad SMARTS) is 1. The Bertz CT molecular complexity index is 1330. The van der Waals surface area contributed by atoms with Gasteiger partial charge in [-0.1, -0.05) is 47.6 Å². The van der Waals surface area contributed by atoms with Gasteiger partial charge in [-0.25, -0.2) is 0 Å². The third-order valence-electron chi connectivity index (χ3n) is 13.2. The van der Waals surface area contributed by atoms with Crippen molar-refractivity contribution in [2.45, 2.75) is 186 Å². The van der Waals surface area contributed by atoms with Gasteiger partial charge in [0.05, 0.1) is 54.7 Å². The van der Waals surface area contributed by atoms with Gasteiger partial charge < -0.3 is 44.3 Å². The van der Waals surface area contributed by atoms with Crippen molar-refractivity contribution >= 4 is 17.7 Å². The first-order valence-corrected chi connectivity index (χ1v) is 19.8. The second kappa shape index (κ2) is 16.0. The lowest BCUT2D eigenvalue weighted by Crippen LogP contribution is -2.65. The number of aliphatic hydroxyl groups excluding tert-OH is 2. The minimum absolute atomic E-state index is 0.00843. The summed E-state index contributed by atoms with van der Waals surface area (Å²) in [5.41, 5.74) is -0.737. The second-order valence-corrected chi connectivity index (χ2v) is 17.2. The maximum atomic E-state index is 14.4. The minimum Gasteiger partial charge on any atom is -0.481 e. The zero-order chi connectivity index (χ0) is 38.3. The van der Waals surface area contributed by atoms with Crippen molar-refractivity contribution in [1.82, 2.24) is 5.32 Å². The number of ether oxygens (including phenoxy) is 5. The van der Waals surface area contributed by atoms with Crippen LogP contribution < -0.4 is 5.32 Å². The van der Waals surface area contributed by atoms with Crippen molar-refractivity contribution < 1.29 is 53.4 Å². The van der Waals surface area contributed by atoms with Crippen molar-refractivity contribution in [3.63, 3.8) is 0 Å². The van der Waals surface area contributed by atoms with Crippen LogP contribution in [0.2, 0.25) is 0 Å². The molecule has 0 radical (unpaired) electrons. The van der Waals surface area contributed by atoms with Crippen LogP contribution in [0.25, 0.3) is 0 Å². The van der Waals surface area contributed by atoms with Gasteiger partial charge in [-0.2, -0.15) is 0 Å². The van der Waals surface area contributed by atoms with Gasteiger partial charge in [-0.15, -0.1) is 0 Å². The number of rotatable bonds is 11. The van der Waals surface area contributed by atoms with E-state index in [0.717, 1.165) is 6.42 Å². The highest BCUT2D eigenvalue weighted by Crippen LogP contribution is 2.53. The van der Waals surface area contributed by atoms with Crippen LogP contribution in [0.4, 0.5) is 0 Å². The number of carbonyl (C=O) groups excluding carboxylic acids is 2. The van der Waals surface area contributed by atoms with Gasteiger partial charge in [0.15, 0.2) is 11.6 Å². The summed E-state index contributed by atoms with van der Waals surface area (Å²) in [5.74, 6) is -5.32. The van der Waals surface area contributed by atoms with E-state index < -0.39 is 65.4 Å². The maximum absolute atomic E-state index is 14.4. The van der Waals surface area contributed by atoms with Gasteiger partial charge in [0.1, 0.15) is 11.8 Å². The van der Waals surface area contributed by atoms with E-state index in [1.165, 1.54) is 6.92 Å². The fourth-order valence-electron chi connectivity index (χ4n) is 9.87. The van der Waals surface area contributed by atoms with Crippen molar-refractivity contribution in [1.29, 1.82) is 0 Å². The molecule has 5 rings (SSSR count). The number of aliphatic carboxylic acids is 1. The predicted octanol–water partition coefficient (Wildman–Crippen LogP) is 4.92. The molecule has 17 atom stereocenters. The second-order valence-electron chi connectivity index (χ2n) is 17.2. The molecule has 4 fully saturated rings. The molecule has 0 aliphatic carbocycles. The molecule has 12 nitrogen and oxygen atoms in total. The van der Waals surface area contributed by atoms with Crippen molar-refractivity contribution in [3.8, 4) is 0 Å². The number of hydrogen-bond acceptors (Lipinski definition) is 10. The van der Waals surface area contributed by atoms with Crippen LogP contribution >= 0.6 is 0 Å². The highest BCUT2D eigenvalue weighted by Gasteiger charge is 2.63. The molecule has 1 unspecified atom stereocenters. The number of ketones is 1. The molecule has 296 valence electrons. The molecule has 0 bridgehead atoms. The number of nitrogens with one attached hydrogen (secondary N) is 1. The van der Waals surface area contributed by atoms with Crippen LogP contribution in [-0.4, -0.2) is 98.9 Å². The Morgan fingerprint density at radius 2 is 1.67 bits per heavy atom. The summed E-state index contributed by atoms with van der Waals surface area (Å²) < 4.78 is 33.5. The van der Waals surface area contributed by atoms with E-state index in [4.69, 9.17) is 23.7 Å². The van der Waals surface area contributed by atoms with Gasteiger partial charge in [0.2, 0.25) is 5.91 Å². The topological polar surface area (TPSA) is 170 Å². The van der Waals surface area contributed by atoms with Crippen LogP contribution in [0.5, 0.6) is 0 Å². The molecular formula is C40H65NO11. The predicted molar refractivity (Wildman–Crippen MR) is 192 cm³/mol. The lowest BCUT2D eigenvalue weighted by Gasteiger charge is -2.55. The maximum Gasteiger partial charge on any atom is 0.305 e. The molecular weight excluding hydrogens is 670 g/mol. The van der Waals surface area contributed by atoms with E-state index in [1.54, 1.807) is 6.92 Å².